The van der Waals surface area contributed by atoms with Crippen molar-refractivity contribution in [2.75, 3.05) is 37.5 Å². The molecule has 0 aromatic heterocycles. The molecule has 2 aromatic carbocycles. The van der Waals surface area contributed by atoms with Gasteiger partial charge in [-0.25, -0.2) is 0 Å². The quantitative estimate of drug-likeness (QED) is 0.0807. The lowest BCUT2D eigenvalue weighted by Crippen LogP contribution is -2.47. The molecular formula is C34H45IN2O5. The summed E-state index contributed by atoms with van der Waals surface area (Å²) in [6.07, 6.45) is 8.71. The van der Waals surface area contributed by atoms with Crippen molar-refractivity contribution in [3.63, 3.8) is 0 Å². The van der Waals surface area contributed by atoms with Gasteiger partial charge in [0.15, 0.2) is 17.3 Å². The highest BCUT2D eigenvalue weighted by Crippen LogP contribution is 2.36. The molecule has 1 aliphatic heterocycles. The predicted molar refractivity (Wildman–Crippen MR) is 173 cm³/mol. The molecule has 0 radical (unpaired) electrons. The molecule has 42 heavy (non-hydrogen) atoms. The van der Waals surface area contributed by atoms with Crippen LogP contribution in [0.25, 0.3) is 0 Å². The average molecular weight is 689 g/mol. The Kier molecular flexibility index (Phi) is 11.4. The molecule has 2 fully saturated rings. The van der Waals surface area contributed by atoms with Gasteiger partial charge in [-0.05, 0) is 115 Å². The van der Waals surface area contributed by atoms with E-state index in [9.17, 15) is 9.59 Å². The zero-order valence-electron chi connectivity index (χ0n) is 24.8. The van der Waals surface area contributed by atoms with Crippen LogP contribution >= 0.6 is 22.6 Å². The third kappa shape index (κ3) is 9.59. The van der Waals surface area contributed by atoms with Crippen LogP contribution in [0.5, 0.6) is 17.2 Å². The summed E-state index contributed by atoms with van der Waals surface area (Å²) in [7, 11) is 0. The fourth-order valence-corrected chi connectivity index (χ4v) is 6.07. The number of hydrogen-bond donors (Lipinski definition) is 1. The highest BCUT2D eigenvalue weighted by molar-refractivity contribution is 14.1. The first-order valence-corrected chi connectivity index (χ1v) is 17.2. The van der Waals surface area contributed by atoms with Crippen molar-refractivity contribution in [3.8, 4) is 17.2 Å². The maximum absolute atomic E-state index is 13.2. The van der Waals surface area contributed by atoms with Crippen molar-refractivity contribution >= 4 is 34.3 Å². The summed E-state index contributed by atoms with van der Waals surface area (Å²) in [5.74, 6) is 4.36. The minimum atomic E-state index is 0.0123. The molecule has 0 spiro atoms. The van der Waals surface area contributed by atoms with Gasteiger partial charge in [0.1, 0.15) is 23.6 Å². The van der Waals surface area contributed by atoms with E-state index in [2.05, 4.69) is 51.9 Å². The molecule has 1 amide bonds. The van der Waals surface area contributed by atoms with Crippen LogP contribution in [-0.2, 0) is 4.79 Å². The third-order valence-electron chi connectivity index (χ3n) is 8.63. The van der Waals surface area contributed by atoms with Gasteiger partial charge in [-0.15, -0.1) is 0 Å². The minimum Gasteiger partial charge on any atom is -0.486 e. The van der Waals surface area contributed by atoms with Crippen molar-refractivity contribution in [1.82, 2.24) is 10.2 Å². The monoisotopic (exact) mass is 688 g/mol. The standard InChI is InChI=1S/C34H45IN2O5/c1-24(28-13-16-32-33(19-28)41-18-17-40-32)30(22-37(20-25-7-8-25)21-26-9-10-26)36-34(39)6-4-2-3-5-31(38)27-11-14-29(15-12-27)42-23-35/h11-16,19,24-26,30H,2-10,17-18,20-23H2,1H3,(H,36,39)/t24-,30-/m1/s1. The van der Waals surface area contributed by atoms with Crippen molar-refractivity contribution in [1.29, 1.82) is 0 Å². The lowest BCUT2D eigenvalue weighted by Gasteiger charge is -2.32. The Balaban J connectivity index is 1.13. The number of fused-ring (bicyclic) bond motifs is 1. The Morgan fingerprint density at radius 3 is 2.26 bits per heavy atom. The number of unbranched alkanes of at least 4 members (excludes halogenated alkanes) is 2. The largest absolute Gasteiger partial charge is 0.486 e. The number of nitrogens with zero attached hydrogens (tertiary/aromatic N) is 1. The van der Waals surface area contributed by atoms with Crippen LogP contribution in [0.4, 0.5) is 0 Å². The smallest absolute Gasteiger partial charge is 0.220 e. The van der Waals surface area contributed by atoms with Gasteiger partial charge in [0.25, 0.3) is 0 Å². The zero-order chi connectivity index (χ0) is 29.3. The van der Waals surface area contributed by atoms with Gasteiger partial charge in [0, 0.05) is 50.0 Å². The molecule has 3 aliphatic rings. The van der Waals surface area contributed by atoms with Gasteiger partial charge in [-0.1, -0.05) is 19.4 Å². The number of alkyl halides is 1. The molecule has 2 aromatic rings. The maximum Gasteiger partial charge on any atom is 0.220 e. The summed E-state index contributed by atoms with van der Waals surface area (Å²) in [6.45, 7) is 6.50. The number of rotatable bonds is 18. The molecule has 2 atom stereocenters. The number of amides is 1. The van der Waals surface area contributed by atoms with Crippen LogP contribution in [0, 0.1) is 11.8 Å². The zero-order valence-corrected chi connectivity index (χ0v) is 27.0. The molecule has 1 N–H and O–H groups in total. The summed E-state index contributed by atoms with van der Waals surface area (Å²) in [5, 5.41) is 3.42. The molecule has 1 heterocycles. The molecule has 0 unspecified atom stereocenters. The lowest BCUT2D eigenvalue weighted by molar-refractivity contribution is -0.122. The van der Waals surface area contributed by atoms with E-state index in [1.807, 2.05) is 30.3 Å². The van der Waals surface area contributed by atoms with Crippen LogP contribution in [0.15, 0.2) is 42.5 Å². The normalized spacial score (nSPS) is 17.5. The Morgan fingerprint density at radius 1 is 0.929 bits per heavy atom. The number of ether oxygens (including phenoxy) is 3. The van der Waals surface area contributed by atoms with E-state index in [1.54, 1.807) is 0 Å². The summed E-state index contributed by atoms with van der Waals surface area (Å²) < 4.78 is 17.6. The Morgan fingerprint density at radius 2 is 1.60 bits per heavy atom. The van der Waals surface area contributed by atoms with Crippen LogP contribution in [0.2, 0.25) is 0 Å². The molecule has 0 saturated heterocycles. The molecule has 0 bridgehead atoms. The molecule has 8 heteroatoms. The summed E-state index contributed by atoms with van der Waals surface area (Å²) in [6, 6.07) is 13.6. The number of carbonyl (C=O) groups excluding carboxylic acids is 2. The number of ketones is 1. The average Bonchev–Trinajstić information content (AvgIpc) is 3.94. The molecule has 7 nitrogen and oxygen atoms in total. The van der Waals surface area contributed by atoms with Gasteiger partial charge in [0.2, 0.25) is 5.91 Å². The van der Waals surface area contributed by atoms with Gasteiger partial charge >= 0.3 is 0 Å². The molecule has 5 rings (SSSR count). The minimum absolute atomic E-state index is 0.0123. The van der Waals surface area contributed by atoms with E-state index >= 15 is 0 Å². The second kappa shape index (κ2) is 15.4. The van der Waals surface area contributed by atoms with Gasteiger partial charge in [-0.2, -0.15) is 0 Å². The predicted octanol–water partition coefficient (Wildman–Crippen LogP) is 6.77. The van der Waals surface area contributed by atoms with Gasteiger partial charge < -0.3 is 24.4 Å². The van der Waals surface area contributed by atoms with E-state index in [-0.39, 0.29) is 23.7 Å². The summed E-state index contributed by atoms with van der Waals surface area (Å²) in [5.41, 5.74) is 1.88. The first kappa shape index (κ1) is 31.1. The second-order valence-corrected chi connectivity index (χ2v) is 12.9. The van der Waals surface area contributed by atoms with E-state index in [1.165, 1.54) is 25.7 Å². The fourth-order valence-electron chi connectivity index (χ4n) is 5.71. The van der Waals surface area contributed by atoms with Gasteiger partial charge in [0.05, 0.1) is 0 Å². The van der Waals surface area contributed by atoms with Crippen molar-refractivity contribution < 1.29 is 23.8 Å². The second-order valence-electron chi connectivity index (χ2n) is 12.2. The van der Waals surface area contributed by atoms with Crippen molar-refractivity contribution in [2.45, 2.75) is 76.7 Å². The number of hydrogen-bond acceptors (Lipinski definition) is 6. The Bertz CT molecular complexity index is 1170. The van der Waals surface area contributed by atoms with Crippen molar-refractivity contribution in [2.24, 2.45) is 11.8 Å². The van der Waals surface area contributed by atoms with E-state index < -0.39 is 0 Å². The molecule has 2 aliphatic carbocycles. The topological polar surface area (TPSA) is 77.1 Å². The van der Waals surface area contributed by atoms with Crippen LogP contribution < -0.4 is 19.5 Å². The summed E-state index contributed by atoms with van der Waals surface area (Å²) in [4.78, 5) is 28.4. The molecule has 2 saturated carbocycles. The van der Waals surface area contributed by atoms with E-state index in [4.69, 9.17) is 14.2 Å². The molecule has 228 valence electrons. The molecular weight excluding hydrogens is 643 g/mol. The highest BCUT2D eigenvalue weighted by Gasteiger charge is 2.32. The Labute approximate surface area is 264 Å². The third-order valence-corrected chi connectivity index (χ3v) is 8.94. The summed E-state index contributed by atoms with van der Waals surface area (Å²) >= 11 is 2.15. The highest BCUT2D eigenvalue weighted by atomic mass is 127. The van der Waals surface area contributed by atoms with Gasteiger partial charge in [-0.3, -0.25) is 9.59 Å². The lowest BCUT2D eigenvalue weighted by atomic mass is 9.92. The van der Waals surface area contributed by atoms with Crippen LogP contribution in [-0.4, -0.2) is 60.1 Å². The fraction of sp³-hybridized carbons (Fsp3) is 0.588. The Hall–Kier alpha value is -2.33. The van der Waals surface area contributed by atoms with E-state index in [0.717, 1.165) is 73.5 Å². The number of Topliss-reactive ketones (excluding diaryl/α,β-unsaturated/α-hetero) is 1. The van der Waals surface area contributed by atoms with Crippen molar-refractivity contribution in [3.05, 3.63) is 53.6 Å². The number of halogens is 1. The van der Waals surface area contributed by atoms with Crippen LogP contribution in [0.3, 0.4) is 0 Å². The first-order valence-electron chi connectivity index (χ1n) is 15.7. The maximum atomic E-state index is 13.2. The first-order chi connectivity index (χ1) is 20.5. The number of nitrogens with one attached hydrogen (secondary N) is 1. The SMILES string of the molecule is C[C@H](c1ccc2c(c1)OCCO2)[C@@H](CN(CC1CC1)CC1CC1)NC(=O)CCCCCC(=O)c1ccc(OCI)cc1. The van der Waals surface area contributed by atoms with Crippen LogP contribution in [0.1, 0.15) is 86.6 Å². The van der Waals surface area contributed by atoms with E-state index in [0.29, 0.717) is 36.2 Å². The number of carbonyl (C=O) groups is 2. The number of benzene rings is 2.